The molecule has 0 spiro atoms. The van der Waals surface area contributed by atoms with E-state index in [4.69, 9.17) is 0 Å². The van der Waals surface area contributed by atoms with Gasteiger partial charge in [-0.15, -0.1) is 11.8 Å². The Hall–Kier alpha value is -0.470. The van der Waals surface area contributed by atoms with Gasteiger partial charge in [-0.05, 0) is 36.4 Å². The quantitative estimate of drug-likeness (QED) is 0.774. The molecule has 1 N–H and O–H groups in total. The van der Waals surface area contributed by atoms with Gasteiger partial charge in [-0.2, -0.15) is 0 Å². The van der Waals surface area contributed by atoms with Gasteiger partial charge in [0.15, 0.2) is 0 Å². The number of hydrogen-bond acceptors (Lipinski definition) is 2. The molecule has 1 rings (SSSR count). The third-order valence-corrected chi connectivity index (χ3v) is 3.28. The van der Waals surface area contributed by atoms with E-state index in [0.29, 0.717) is 0 Å². The Balaban J connectivity index is 3.12. The van der Waals surface area contributed by atoms with Crippen molar-refractivity contribution in [3.8, 4) is 0 Å². The van der Waals surface area contributed by atoms with E-state index >= 15 is 0 Å². The lowest BCUT2D eigenvalue weighted by molar-refractivity contribution is 0.218. The molecule has 0 radical (unpaired) electrons. The normalized spacial score (nSPS) is 11.8. The van der Waals surface area contributed by atoms with Crippen molar-refractivity contribution in [1.29, 1.82) is 0 Å². The van der Waals surface area contributed by atoms with Crippen LogP contribution in [0.4, 0.5) is 0 Å². The van der Waals surface area contributed by atoms with Crippen LogP contribution in [-0.4, -0.2) is 18.0 Å². The van der Waals surface area contributed by atoms with Crippen LogP contribution in [0.1, 0.15) is 25.0 Å². The predicted molar refractivity (Wildman–Crippen MR) is 63.1 cm³/mol. The first-order valence-electron chi connectivity index (χ1n) is 4.77. The summed E-state index contributed by atoms with van der Waals surface area (Å²) in [7, 11) is 0. The van der Waals surface area contributed by atoms with Gasteiger partial charge >= 0.3 is 0 Å². The van der Waals surface area contributed by atoms with Crippen molar-refractivity contribution >= 4 is 11.8 Å². The standard InChI is InChI=1S/C12H18OS/c1-9-7-10(14-4)5-6-11(9)12(2,3)8-13/h5-7,13H,8H2,1-4H3. The van der Waals surface area contributed by atoms with Crippen LogP contribution in [0.5, 0.6) is 0 Å². The summed E-state index contributed by atoms with van der Waals surface area (Å²) < 4.78 is 0. The fraction of sp³-hybridized carbons (Fsp3) is 0.500. The van der Waals surface area contributed by atoms with E-state index < -0.39 is 0 Å². The largest absolute Gasteiger partial charge is 0.395 e. The molecule has 2 heteroatoms. The second-order valence-electron chi connectivity index (χ2n) is 4.22. The lowest BCUT2D eigenvalue weighted by atomic mass is 9.83. The molecule has 1 nitrogen and oxygen atoms in total. The molecule has 0 amide bonds. The molecule has 14 heavy (non-hydrogen) atoms. The van der Waals surface area contributed by atoms with Crippen LogP contribution in [0, 0.1) is 6.92 Å². The number of benzene rings is 1. The lowest BCUT2D eigenvalue weighted by Crippen LogP contribution is -2.23. The van der Waals surface area contributed by atoms with Gasteiger partial charge < -0.3 is 5.11 Å². The molecule has 0 unspecified atom stereocenters. The first-order valence-corrected chi connectivity index (χ1v) is 5.99. The molecule has 78 valence electrons. The average molecular weight is 210 g/mol. The smallest absolute Gasteiger partial charge is 0.0522 e. The van der Waals surface area contributed by atoms with Crippen molar-refractivity contribution in [1.82, 2.24) is 0 Å². The Labute approximate surface area is 90.5 Å². The van der Waals surface area contributed by atoms with Gasteiger partial charge in [-0.3, -0.25) is 0 Å². The van der Waals surface area contributed by atoms with Crippen molar-refractivity contribution in [2.75, 3.05) is 12.9 Å². The highest BCUT2D eigenvalue weighted by molar-refractivity contribution is 7.98. The van der Waals surface area contributed by atoms with E-state index in [1.54, 1.807) is 11.8 Å². The van der Waals surface area contributed by atoms with Gasteiger partial charge in [-0.1, -0.05) is 19.9 Å². The minimum Gasteiger partial charge on any atom is -0.395 e. The molecule has 1 aromatic rings. The Bertz CT molecular complexity index is 318. The zero-order chi connectivity index (χ0) is 10.8. The number of aliphatic hydroxyl groups is 1. The van der Waals surface area contributed by atoms with Crippen molar-refractivity contribution in [3.63, 3.8) is 0 Å². The summed E-state index contributed by atoms with van der Waals surface area (Å²) >= 11 is 1.75. The minimum atomic E-state index is -0.138. The van der Waals surface area contributed by atoms with Crippen molar-refractivity contribution < 1.29 is 5.11 Å². The maximum atomic E-state index is 9.29. The zero-order valence-corrected chi connectivity index (χ0v) is 10.1. The summed E-state index contributed by atoms with van der Waals surface area (Å²) in [6, 6.07) is 6.42. The van der Waals surface area contributed by atoms with Crippen molar-refractivity contribution in [2.24, 2.45) is 0 Å². The third kappa shape index (κ3) is 2.31. The SMILES string of the molecule is CSc1ccc(C(C)(C)CO)c(C)c1. The van der Waals surface area contributed by atoms with Gasteiger partial charge in [-0.25, -0.2) is 0 Å². The zero-order valence-electron chi connectivity index (χ0n) is 9.29. The van der Waals surface area contributed by atoms with Crippen LogP contribution in [0.3, 0.4) is 0 Å². The van der Waals surface area contributed by atoms with Gasteiger partial charge in [0.25, 0.3) is 0 Å². The highest BCUT2D eigenvalue weighted by atomic mass is 32.2. The maximum absolute atomic E-state index is 9.29. The number of hydrogen-bond donors (Lipinski definition) is 1. The molecule has 0 saturated heterocycles. The monoisotopic (exact) mass is 210 g/mol. The molecule has 0 aliphatic heterocycles. The summed E-state index contributed by atoms with van der Waals surface area (Å²) in [6.45, 7) is 6.42. The van der Waals surface area contributed by atoms with Crippen LogP contribution in [0.25, 0.3) is 0 Å². The Morgan fingerprint density at radius 3 is 2.43 bits per heavy atom. The molecule has 0 aliphatic rings. The van der Waals surface area contributed by atoms with Crippen LogP contribution >= 0.6 is 11.8 Å². The number of aliphatic hydroxyl groups excluding tert-OH is 1. The lowest BCUT2D eigenvalue weighted by Gasteiger charge is -2.24. The molecule has 0 fully saturated rings. The summed E-state index contributed by atoms with van der Waals surface area (Å²) in [6.07, 6.45) is 2.08. The second-order valence-corrected chi connectivity index (χ2v) is 5.10. The number of rotatable bonds is 3. The molecular weight excluding hydrogens is 192 g/mol. The molecule has 0 saturated carbocycles. The van der Waals surface area contributed by atoms with Gasteiger partial charge in [0, 0.05) is 10.3 Å². The fourth-order valence-corrected chi connectivity index (χ4v) is 2.11. The van der Waals surface area contributed by atoms with Crippen LogP contribution < -0.4 is 0 Å². The summed E-state index contributed by atoms with van der Waals surface area (Å²) in [5.41, 5.74) is 2.36. The molecule has 1 aromatic carbocycles. The Morgan fingerprint density at radius 2 is 2.00 bits per heavy atom. The summed E-state index contributed by atoms with van der Waals surface area (Å²) in [5, 5.41) is 9.29. The van der Waals surface area contributed by atoms with Crippen molar-refractivity contribution in [3.05, 3.63) is 29.3 Å². The highest BCUT2D eigenvalue weighted by Gasteiger charge is 2.21. The second kappa shape index (κ2) is 4.37. The molecule has 0 aromatic heterocycles. The topological polar surface area (TPSA) is 20.2 Å². The predicted octanol–water partition coefficient (Wildman–Crippen LogP) is 2.99. The van der Waals surface area contributed by atoms with Gasteiger partial charge in [0.05, 0.1) is 6.61 Å². The minimum absolute atomic E-state index is 0.138. The maximum Gasteiger partial charge on any atom is 0.0522 e. The molecule has 0 heterocycles. The van der Waals surface area contributed by atoms with Crippen LogP contribution in [-0.2, 0) is 5.41 Å². The van der Waals surface area contributed by atoms with Crippen molar-refractivity contribution in [2.45, 2.75) is 31.1 Å². The summed E-state index contributed by atoms with van der Waals surface area (Å²) in [4.78, 5) is 1.28. The highest BCUT2D eigenvalue weighted by Crippen LogP contribution is 2.28. The van der Waals surface area contributed by atoms with Crippen LogP contribution in [0.2, 0.25) is 0 Å². The molecule has 0 atom stereocenters. The van der Waals surface area contributed by atoms with E-state index in [0.717, 1.165) is 0 Å². The molecule has 0 aliphatic carbocycles. The Morgan fingerprint density at radius 1 is 1.36 bits per heavy atom. The van der Waals surface area contributed by atoms with Crippen LogP contribution in [0.15, 0.2) is 23.1 Å². The third-order valence-electron chi connectivity index (χ3n) is 2.56. The molecule has 0 bridgehead atoms. The number of aryl methyl sites for hydroxylation is 1. The fourth-order valence-electron chi connectivity index (χ4n) is 1.61. The van der Waals surface area contributed by atoms with E-state index in [-0.39, 0.29) is 12.0 Å². The first-order chi connectivity index (χ1) is 6.51. The van der Waals surface area contributed by atoms with E-state index in [1.807, 2.05) is 0 Å². The van der Waals surface area contributed by atoms with Gasteiger partial charge in [0.2, 0.25) is 0 Å². The van der Waals surface area contributed by atoms with E-state index in [2.05, 4.69) is 45.2 Å². The molecular formula is C12H18OS. The van der Waals surface area contributed by atoms with E-state index in [9.17, 15) is 5.11 Å². The summed E-state index contributed by atoms with van der Waals surface area (Å²) in [5.74, 6) is 0. The first kappa shape index (κ1) is 11.6. The van der Waals surface area contributed by atoms with E-state index in [1.165, 1.54) is 16.0 Å². The number of thioether (sulfide) groups is 1. The Kier molecular flexibility index (Phi) is 3.62. The van der Waals surface area contributed by atoms with Gasteiger partial charge in [0.1, 0.15) is 0 Å². The average Bonchev–Trinajstić information content (AvgIpc) is 2.17.